The van der Waals surface area contributed by atoms with Gasteiger partial charge in [-0.1, -0.05) is 5.92 Å². The second-order valence-corrected chi connectivity index (χ2v) is 3.86. The van der Waals surface area contributed by atoms with Crippen molar-refractivity contribution in [2.45, 2.75) is 13.0 Å². The van der Waals surface area contributed by atoms with Crippen LogP contribution >= 0.6 is 0 Å². The Morgan fingerprint density at radius 1 is 1.62 bits per heavy atom. The van der Waals surface area contributed by atoms with Crippen LogP contribution in [0.15, 0.2) is 0 Å². The fourth-order valence-corrected chi connectivity index (χ4v) is 1.13. The fraction of sp³-hybridized carbons (Fsp3) is 0.571. The normalized spacial score (nSPS) is 13.0. The molecule has 0 radical (unpaired) electrons. The zero-order valence-electron chi connectivity index (χ0n) is 7.31. The number of terminal acetylenes is 1. The van der Waals surface area contributed by atoms with Crippen molar-refractivity contribution in [3.05, 3.63) is 0 Å². The largest absolute Gasteiger partial charge is 0.451 e. The maximum Gasteiger partial charge on any atom is 0.337 e. The van der Waals surface area contributed by atoms with Gasteiger partial charge in [0.05, 0.1) is 6.26 Å². The van der Waals surface area contributed by atoms with Crippen LogP contribution in [0.5, 0.6) is 0 Å². The quantitative estimate of drug-likeness (QED) is 0.353. The molecule has 0 aliphatic rings. The summed E-state index contributed by atoms with van der Waals surface area (Å²) in [7, 11) is -3.65. The van der Waals surface area contributed by atoms with Crippen molar-refractivity contribution in [2.24, 2.45) is 0 Å². The first-order chi connectivity index (χ1) is 5.87. The van der Waals surface area contributed by atoms with Crippen LogP contribution in [0.2, 0.25) is 0 Å². The van der Waals surface area contributed by atoms with E-state index in [9.17, 15) is 13.2 Å². The van der Waals surface area contributed by atoms with E-state index in [0.29, 0.717) is 0 Å². The Hall–Kier alpha value is -1.06. The molecule has 0 aromatic carbocycles. The van der Waals surface area contributed by atoms with Crippen molar-refractivity contribution in [3.63, 3.8) is 0 Å². The number of carbonyl (C=O) groups is 1. The summed E-state index contributed by atoms with van der Waals surface area (Å²) in [4.78, 5) is 10.9. The molecular weight excluding hydrogens is 196 g/mol. The summed E-state index contributed by atoms with van der Waals surface area (Å²) in [6.45, 7) is 1.07. The minimum Gasteiger partial charge on any atom is -0.451 e. The van der Waals surface area contributed by atoms with E-state index in [2.05, 4.69) is 14.8 Å². The number of rotatable bonds is 4. The second kappa shape index (κ2) is 4.84. The van der Waals surface area contributed by atoms with Gasteiger partial charge in [0, 0.05) is 0 Å². The van der Waals surface area contributed by atoms with Crippen LogP contribution < -0.4 is 0 Å². The van der Waals surface area contributed by atoms with Gasteiger partial charge in [0.25, 0.3) is 10.1 Å². The van der Waals surface area contributed by atoms with Crippen LogP contribution in [0.1, 0.15) is 6.92 Å². The molecule has 0 aliphatic heterocycles. The molecule has 0 rings (SSSR count). The van der Waals surface area contributed by atoms with E-state index in [1.807, 2.05) is 0 Å². The molecule has 0 fully saturated rings. The van der Waals surface area contributed by atoms with Crippen molar-refractivity contribution >= 4 is 16.1 Å². The molecule has 0 aliphatic carbocycles. The van der Waals surface area contributed by atoms with E-state index in [0.717, 1.165) is 6.26 Å². The van der Waals surface area contributed by atoms with E-state index in [-0.39, 0.29) is 6.61 Å². The Kier molecular flexibility index (Phi) is 4.45. The third kappa shape index (κ3) is 6.13. The molecule has 0 heterocycles. The predicted octanol–water partition coefficient (Wildman–Crippen LogP) is -0.472. The number of esters is 1. The van der Waals surface area contributed by atoms with Gasteiger partial charge >= 0.3 is 5.97 Å². The molecule has 6 heteroatoms. The maximum atomic E-state index is 10.9. The Balaban J connectivity index is 4.06. The van der Waals surface area contributed by atoms with Crippen LogP contribution in [0.25, 0.3) is 0 Å². The zero-order chi connectivity index (χ0) is 10.5. The summed E-state index contributed by atoms with van der Waals surface area (Å²) in [5.74, 6) is 1.27. The lowest BCUT2D eigenvalue weighted by atomic mass is 10.4. The van der Waals surface area contributed by atoms with Crippen LogP contribution in [0.3, 0.4) is 0 Å². The lowest BCUT2D eigenvalue weighted by molar-refractivity contribution is -0.149. The number of ether oxygens (including phenoxy) is 1. The molecule has 0 saturated carbocycles. The molecule has 13 heavy (non-hydrogen) atoms. The van der Waals surface area contributed by atoms with Gasteiger partial charge in [-0.05, 0) is 6.92 Å². The van der Waals surface area contributed by atoms with Gasteiger partial charge in [-0.15, -0.1) is 6.42 Å². The minimum atomic E-state index is -3.65. The molecule has 1 atom stereocenters. The Morgan fingerprint density at radius 3 is 2.54 bits per heavy atom. The van der Waals surface area contributed by atoms with Crippen molar-refractivity contribution in [2.75, 3.05) is 12.9 Å². The molecular formula is C7H10O5S. The van der Waals surface area contributed by atoms with Gasteiger partial charge in [-0.25, -0.2) is 4.79 Å². The molecule has 5 nitrogen and oxygen atoms in total. The summed E-state index contributed by atoms with van der Waals surface area (Å²) in [6, 6.07) is 0. The molecule has 0 bridgehead atoms. The Labute approximate surface area is 77.2 Å². The highest BCUT2D eigenvalue weighted by molar-refractivity contribution is 7.86. The average molecular weight is 206 g/mol. The van der Waals surface area contributed by atoms with E-state index >= 15 is 0 Å². The Bertz CT molecular complexity index is 310. The van der Waals surface area contributed by atoms with E-state index in [1.54, 1.807) is 0 Å². The number of carbonyl (C=O) groups excluding carboxylic acids is 1. The number of hydrogen-bond acceptors (Lipinski definition) is 5. The SMILES string of the molecule is C#CCOC(=O)C(C)OS(C)(=O)=O. The molecule has 0 amide bonds. The monoisotopic (exact) mass is 206 g/mol. The fourth-order valence-electron chi connectivity index (χ4n) is 0.532. The third-order valence-electron chi connectivity index (χ3n) is 0.949. The minimum absolute atomic E-state index is 0.198. The summed E-state index contributed by atoms with van der Waals surface area (Å²) in [6.07, 6.45) is 4.50. The highest BCUT2D eigenvalue weighted by Crippen LogP contribution is 1.99. The van der Waals surface area contributed by atoms with Gasteiger partial charge in [0.15, 0.2) is 12.7 Å². The lowest BCUT2D eigenvalue weighted by Gasteiger charge is -2.08. The summed E-state index contributed by atoms with van der Waals surface area (Å²) < 4.78 is 29.9. The van der Waals surface area contributed by atoms with Crippen LogP contribution in [-0.2, 0) is 23.8 Å². The first kappa shape index (κ1) is 11.9. The molecule has 0 aromatic rings. The summed E-state index contributed by atoms with van der Waals surface area (Å²) in [5.41, 5.74) is 0. The Morgan fingerprint density at radius 2 is 2.15 bits per heavy atom. The maximum absolute atomic E-state index is 10.9. The topological polar surface area (TPSA) is 69.7 Å². The average Bonchev–Trinajstić information content (AvgIpc) is 1.96. The molecule has 1 unspecified atom stereocenters. The highest BCUT2D eigenvalue weighted by atomic mass is 32.2. The van der Waals surface area contributed by atoms with Crippen LogP contribution in [0, 0.1) is 12.3 Å². The van der Waals surface area contributed by atoms with Gasteiger partial charge < -0.3 is 4.74 Å². The first-order valence-electron chi connectivity index (χ1n) is 3.35. The van der Waals surface area contributed by atoms with Crippen molar-refractivity contribution < 1.29 is 22.1 Å². The standard InChI is InChI=1S/C7H10O5S/c1-4-5-11-7(8)6(2)12-13(3,9)10/h1,6H,5H2,2-3H3. The summed E-state index contributed by atoms with van der Waals surface area (Å²) in [5, 5.41) is 0. The molecule has 0 spiro atoms. The van der Waals surface area contributed by atoms with Crippen LogP contribution in [0.4, 0.5) is 0 Å². The van der Waals surface area contributed by atoms with E-state index in [4.69, 9.17) is 6.42 Å². The smallest absolute Gasteiger partial charge is 0.337 e. The van der Waals surface area contributed by atoms with Crippen molar-refractivity contribution in [3.8, 4) is 12.3 Å². The van der Waals surface area contributed by atoms with Gasteiger partial charge in [-0.2, -0.15) is 8.42 Å². The first-order valence-corrected chi connectivity index (χ1v) is 5.17. The van der Waals surface area contributed by atoms with Crippen molar-refractivity contribution in [1.82, 2.24) is 0 Å². The predicted molar refractivity (Wildman–Crippen MR) is 45.2 cm³/mol. The second-order valence-electron chi connectivity index (χ2n) is 2.25. The van der Waals surface area contributed by atoms with E-state index < -0.39 is 22.2 Å². The molecule has 0 N–H and O–H groups in total. The molecule has 74 valence electrons. The molecule has 0 aromatic heterocycles. The number of hydrogen-bond donors (Lipinski definition) is 0. The summed E-state index contributed by atoms with van der Waals surface area (Å²) >= 11 is 0. The molecule has 0 saturated heterocycles. The van der Waals surface area contributed by atoms with Gasteiger partial charge in [0.1, 0.15) is 0 Å². The van der Waals surface area contributed by atoms with Crippen molar-refractivity contribution in [1.29, 1.82) is 0 Å². The van der Waals surface area contributed by atoms with Crippen LogP contribution in [-0.4, -0.2) is 33.4 Å². The highest BCUT2D eigenvalue weighted by Gasteiger charge is 2.19. The third-order valence-corrected chi connectivity index (χ3v) is 1.59. The van der Waals surface area contributed by atoms with Gasteiger partial charge in [-0.3, -0.25) is 4.18 Å². The van der Waals surface area contributed by atoms with Gasteiger partial charge in [0.2, 0.25) is 0 Å². The lowest BCUT2D eigenvalue weighted by Crippen LogP contribution is -2.25. The zero-order valence-corrected chi connectivity index (χ0v) is 8.13. The van der Waals surface area contributed by atoms with E-state index in [1.165, 1.54) is 6.92 Å².